The number of tetrazole rings is 1. The van der Waals surface area contributed by atoms with E-state index in [-0.39, 0.29) is 23.9 Å². The minimum atomic E-state index is -1.20. The van der Waals surface area contributed by atoms with Gasteiger partial charge in [0.15, 0.2) is 0 Å². The summed E-state index contributed by atoms with van der Waals surface area (Å²) < 4.78 is 1.31. The molecule has 0 aliphatic carbocycles. The fourth-order valence-corrected chi connectivity index (χ4v) is 4.99. The van der Waals surface area contributed by atoms with E-state index in [1.165, 1.54) is 40.0 Å². The van der Waals surface area contributed by atoms with Crippen molar-refractivity contribution < 1.29 is 19.5 Å². The lowest BCUT2D eigenvalue weighted by molar-refractivity contribution is -0.150. The van der Waals surface area contributed by atoms with Crippen LogP contribution in [0.3, 0.4) is 0 Å². The van der Waals surface area contributed by atoms with Crippen LogP contribution in [0.2, 0.25) is 0 Å². The number of carbonyl (C=O) groups excluding carboxylic acids is 2. The molecule has 0 saturated carbocycles. The Morgan fingerprint density at radius 1 is 1.54 bits per heavy atom. The lowest BCUT2D eigenvalue weighted by atomic mass is 10.0. The summed E-state index contributed by atoms with van der Waals surface area (Å²) in [5.41, 5.74) is 0.497. The molecule has 2 N–H and O–H groups in total. The van der Waals surface area contributed by atoms with Crippen molar-refractivity contribution in [3.05, 3.63) is 11.3 Å². The van der Waals surface area contributed by atoms with Gasteiger partial charge in [0.2, 0.25) is 11.1 Å². The SMILES string of the molecule is CC(=O)NC1C(=O)N2C(C(=O)O)=C(CSc3nnnn3CC#N)CS[C@@H]12. The number of thioether (sulfide) groups is 2. The highest BCUT2D eigenvalue weighted by Gasteiger charge is 2.53. The molecule has 1 unspecified atom stereocenters. The fraction of sp³-hybridized carbons (Fsp3) is 0.462. The number of hydrogen-bond acceptors (Lipinski definition) is 9. The van der Waals surface area contributed by atoms with E-state index in [0.717, 1.165) is 0 Å². The Kier molecular flexibility index (Phi) is 5.14. The van der Waals surface area contributed by atoms with E-state index in [9.17, 15) is 19.5 Å². The number of β-lactam (4-membered cyclic amide) rings is 1. The molecule has 2 aliphatic heterocycles. The summed E-state index contributed by atoms with van der Waals surface area (Å²) in [6, 6.07) is 1.23. The van der Waals surface area contributed by atoms with Crippen molar-refractivity contribution in [2.24, 2.45) is 0 Å². The van der Waals surface area contributed by atoms with E-state index < -0.39 is 23.3 Å². The van der Waals surface area contributed by atoms with Crippen molar-refractivity contribution in [1.29, 1.82) is 5.26 Å². The highest BCUT2D eigenvalue weighted by molar-refractivity contribution is 8.01. The van der Waals surface area contributed by atoms with E-state index >= 15 is 0 Å². The summed E-state index contributed by atoms with van der Waals surface area (Å²) in [5.74, 6) is -1.31. The zero-order chi connectivity index (χ0) is 18.8. The van der Waals surface area contributed by atoms with Gasteiger partial charge in [-0.25, -0.2) is 9.48 Å². The second-order valence-electron chi connectivity index (χ2n) is 5.41. The molecule has 1 saturated heterocycles. The van der Waals surface area contributed by atoms with Crippen LogP contribution >= 0.6 is 23.5 Å². The molecule has 1 aromatic heterocycles. The number of fused-ring (bicyclic) bond motifs is 1. The van der Waals surface area contributed by atoms with Gasteiger partial charge in [-0.15, -0.1) is 16.9 Å². The van der Waals surface area contributed by atoms with Gasteiger partial charge in [0, 0.05) is 18.4 Å². The molecular formula is C13H13N7O4S2. The Bertz CT molecular complexity index is 846. The molecule has 2 atom stereocenters. The molecule has 3 heterocycles. The summed E-state index contributed by atoms with van der Waals surface area (Å²) in [7, 11) is 0. The number of aliphatic carboxylic acids is 1. The summed E-state index contributed by atoms with van der Waals surface area (Å²) >= 11 is 2.59. The second-order valence-corrected chi connectivity index (χ2v) is 7.46. The minimum Gasteiger partial charge on any atom is -0.477 e. The number of rotatable bonds is 6. The quantitative estimate of drug-likeness (QED) is 0.455. The van der Waals surface area contributed by atoms with Gasteiger partial charge in [-0.1, -0.05) is 11.8 Å². The molecule has 2 amide bonds. The molecule has 13 heteroatoms. The molecule has 0 radical (unpaired) electrons. The molecule has 3 rings (SSSR count). The Hall–Kier alpha value is -2.59. The molecule has 136 valence electrons. The van der Waals surface area contributed by atoms with Gasteiger partial charge in [-0.3, -0.25) is 14.5 Å². The van der Waals surface area contributed by atoms with Gasteiger partial charge in [0.1, 0.15) is 23.7 Å². The third kappa shape index (κ3) is 3.25. The highest BCUT2D eigenvalue weighted by atomic mass is 32.2. The first-order chi connectivity index (χ1) is 12.4. The number of nitriles is 1. The molecule has 0 spiro atoms. The third-order valence-electron chi connectivity index (χ3n) is 3.70. The number of aromatic nitrogens is 4. The van der Waals surface area contributed by atoms with Crippen LogP contribution in [0, 0.1) is 11.3 Å². The normalized spacial score (nSPS) is 21.7. The van der Waals surface area contributed by atoms with Gasteiger partial charge < -0.3 is 10.4 Å². The highest BCUT2D eigenvalue weighted by Crippen LogP contribution is 2.41. The summed E-state index contributed by atoms with van der Waals surface area (Å²) in [6.45, 7) is 1.30. The van der Waals surface area contributed by atoms with Gasteiger partial charge in [0.25, 0.3) is 5.91 Å². The van der Waals surface area contributed by atoms with Gasteiger partial charge in [-0.05, 0) is 16.0 Å². The van der Waals surface area contributed by atoms with Crippen molar-refractivity contribution in [1.82, 2.24) is 30.4 Å². The zero-order valence-corrected chi connectivity index (χ0v) is 15.1. The lowest BCUT2D eigenvalue weighted by Crippen LogP contribution is -2.70. The standard InChI is InChI=1S/C13H13N7O4S2/c1-6(21)15-8-10(22)20-9(12(23)24)7(4-25-11(8)20)5-26-13-16-17-18-19(13)3-2-14/h8,11H,3-5H2,1H3,(H,15,21)(H,23,24)/t8?,11-/m0/s1. The number of nitrogens with one attached hydrogen (secondary N) is 1. The molecule has 0 aromatic carbocycles. The van der Waals surface area contributed by atoms with Crippen LogP contribution in [0.1, 0.15) is 6.92 Å². The summed E-state index contributed by atoms with van der Waals surface area (Å²) in [6.07, 6.45) is 0. The van der Waals surface area contributed by atoms with Gasteiger partial charge in [0.05, 0.1) is 6.07 Å². The van der Waals surface area contributed by atoms with Crippen LogP contribution in [0.4, 0.5) is 0 Å². The number of carbonyl (C=O) groups is 3. The molecule has 2 aliphatic rings. The second kappa shape index (κ2) is 7.34. The van der Waals surface area contributed by atoms with Gasteiger partial charge >= 0.3 is 5.97 Å². The topological polar surface area (TPSA) is 154 Å². The maximum atomic E-state index is 12.3. The Labute approximate surface area is 155 Å². The van der Waals surface area contributed by atoms with Crippen molar-refractivity contribution in [3.8, 4) is 6.07 Å². The van der Waals surface area contributed by atoms with Crippen LogP contribution in [-0.2, 0) is 20.9 Å². The Morgan fingerprint density at radius 3 is 2.96 bits per heavy atom. The molecule has 1 aromatic rings. The van der Waals surface area contributed by atoms with E-state index in [1.54, 1.807) is 0 Å². The van der Waals surface area contributed by atoms with E-state index in [0.29, 0.717) is 16.5 Å². The molecular weight excluding hydrogens is 382 g/mol. The molecule has 1 fully saturated rings. The predicted octanol–water partition coefficient (Wildman–Crippen LogP) is -0.953. The maximum absolute atomic E-state index is 12.3. The van der Waals surface area contributed by atoms with E-state index in [1.807, 2.05) is 6.07 Å². The summed E-state index contributed by atoms with van der Waals surface area (Å²) in [5, 5.41) is 31.8. The molecule has 11 nitrogen and oxygen atoms in total. The Morgan fingerprint density at radius 2 is 2.31 bits per heavy atom. The number of amides is 2. The van der Waals surface area contributed by atoms with E-state index in [4.69, 9.17) is 5.26 Å². The fourth-order valence-electron chi connectivity index (χ4n) is 2.63. The first kappa shape index (κ1) is 18.2. The average Bonchev–Trinajstić information content (AvgIpc) is 3.04. The van der Waals surface area contributed by atoms with Crippen molar-refractivity contribution >= 4 is 41.3 Å². The maximum Gasteiger partial charge on any atom is 0.352 e. The van der Waals surface area contributed by atoms with Gasteiger partial charge in [-0.2, -0.15) is 5.26 Å². The Balaban J connectivity index is 1.78. The van der Waals surface area contributed by atoms with Crippen LogP contribution in [0.5, 0.6) is 0 Å². The molecule has 0 bridgehead atoms. The predicted molar refractivity (Wildman–Crippen MR) is 89.5 cm³/mol. The lowest BCUT2D eigenvalue weighted by Gasteiger charge is -2.49. The van der Waals surface area contributed by atoms with Crippen LogP contribution in [0.25, 0.3) is 0 Å². The van der Waals surface area contributed by atoms with Crippen LogP contribution < -0.4 is 5.32 Å². The first-order valence-electron chi connectivity index (χ1n) is 7.37. The number of hydrogen-bond donors (Lipinski definition) is 2. The first-order valence-corrected chi connectivity index (χ1v) is 9.40. The largest absolute Gasteiger partial charge is 0.477 e. The number of carboxylic acid groups (broad SMARTS) is 1. The van der Waals surface area contributed by atoms with Crippen LogP contribution in [0.15, 0.2) is 16.4 Å². The van der Waals surface area contributed by atoms with Crippen LogP contribution in [-0.4, -0.2) is 70.9 Å². The van der Waals surface area contributed by atoms with Crippen molar-refractivity contribution in [2.45, 2.75) is 30.0 Å². The smallest absolute Gasteiger partial charge is 0.352 e. The summed E-state index contributed by atoms with van der Waals surface area (Å²) in [4.78, 5) is 36.4. The van der Waals surface area contributed by atoms with E-state index in [2.05, 4.69) is 20.8 Å². The monoisotopic (exact) mass is 395 g/mol. The number of carboxylic acids is 1. The molecule has 26 heavy (non-hydrogen) atoms. The zero-order valence-electron chi connectivity index (χ0n) is 13.4. The average molecular weight is 395 g/mol. The van der Waals surface area contributed by atoms with Crippen molar-refractivity contribution in [3.63, 3.8) is 0 Å². The minimum absolute atomic E-state index is 0.0139. The number of nitrogens with zero attached hydrogens (tertiary/aromatic N) is 6. The van der Waals surface area contributed by atoms with Crippen molar-refractivity contribution in [2.75, 3.05) is 11.5 Å². The third-order valence-corrected chi connectivity index (χ3v) is 6.09.